The molecular formula is C24H24N2O5. The molecule has 1 unspecified atom stereocenters. The van der Waals surface area contributed by atoms with Gasteiger partial charge in [-0.25, -0.2) is 9.59 Å². The molecule has 7 nitrogen and oxygen atoms in total. The number of hydrogen-bond acceptors (Lipinski definition) is 5. The average molecular weight is 420 g/mol. The third kappa shape index (κ3) is 6.50. The smallest absolute Gasteiger partial charge is 0.408 e. The highest BCUT2D eigenvalue weighted by Gasteiger charge is 2.20. The van der Waals surface area contributed by atoms with Crippen molar-refractivity contribution < 1.29 is 24.2 Å². The molecule has 0 saturated heterocycles. The van der Waals surface area contributed by atoms with E-state index in [0.29, 0.717) is 11.4 Å². The van der Waals surface area contributed by atoms with Crippen LogP contribution in [0.4, 0.5) is 10.5 Å². The van der Waals surface area contributed by atoms with E-state index in [2.05, 4.69) is 10.6 Å². The topological polar surface area (TPSA) is 96.9 Å². The minimum absolute atomic E-state index is 0.00251. The van der Waals surface area contributed by atoms with Crippen LogP contribution < -0.4 is 15.4 Å². The third-order valence-electron chi connectivity index (χ3n) is 4.62. The number of ether oxygens (including phenoxy) is 2. The van der Waals surface area contributed by atoms with Crippen molar-refractivity contribution in [1.29, 1.82) is 0 Å². The predicted octanol–water partition coefficient (Wildman–Crippen LogP) is 4.15. The summed E-state index contributed by atoms with van der Waals surface area (Å²) in [5, 5.41) is 14.7. The van der Waals surface area contributed by atoms with Gasteiger partial charge in [-0.05, 0) is 41.0 Å². The molecule has 3 aromatic rings. The molecule has 0 aliphatic heterocycles. The maximum atomic E-state index is 12.1. The van der Waals surface area contributed by atoms with E-state index < -0.39 is 18.1 Å². The van der Waals surface area contributed by atoms with E-state index in [9.17, 15) is 14.7 Å². The zero-order valence-electron chi connectivity index (χ0n) is 17.1. The van der Waals surface area contributed by atoms with Gasteiger partial charge in [-0.15, -0.1) is 0 Å². The zero-order valence-corrected chi connectivity index (χ0v) is 17.1. The molecule has 3 aromatic carbocycles. The molecule has 1 atom stereocenters. The summed E-state index contributed by atoms with van der Waals surface area (Å²) in [5.74, 6) is -0.469. The van der Waals surface area contributed by atoms with Gasteiger partial charge in [-0.2, -0.15) is 0 Å². The number of methoxy groups -OCH3 is 1. The first-order valence-corrected chi connectivity index (χ1v) is 9.73. The summed E-state index contributed by atoms with van der Waals surface area (Å²) in [7, 11) is 1.57. The Morgan fingerprint density at radius 2 is 1.55 bits per heavy atom. The van der Waals surface area contributed by atoms with Crippen LogP contribution in [-0.2, 0) is 16.1 Å². The molecule has 160 valence electrons. The Hall–Kier alpha value is -4.00. The number of aliphatic carboxylic acids is 1. The van der Waals surface area contributed by atoms with Gasteiger partial charge in [0.2, 0.25) is 0 Å². The molecule has 3 N–H and O–H groups in total. The van der Waals surface area contributed by atoms with E-state index >= 15 is 0 Å². The van der Waals surface area contributed by atoms with Crippen LogP contribution in [0.15, 0.2) is 78.9 Å². The van der Waals surface area contributed by atoms with Crippen molar-refractivity contribution in [2.24, 2.45) is 0 Å². The molecule has 0 radical (unpaired) electrons. The molecule has 0 heterocycles. The first kappa shape index (κ1) is 21.7. The molecular weight excluding hydrogens is 396 g/mol. The lowest BCUT2D eigenvalue weighted by molar-refractivity contribution is -0.139. The van der Waals surface area contributed by atoms with Crippen LogP contribution in [0.3, 0.4) is 0 Å². The monoisotopic (exact) mass is 420 g/mol. The van der Waals surface area contributed by atoms with Gasteiger partial charge in [0, 0.05) is 12.2 Å². The first-order valence-electron chi connectivity index (χ1n) is 9.73. The summed E-state index contributed by atoms with van der Waals surface area (Å²) < 4.78 is 10.3. The Balaban J connectivity index is 1.48. The molecule has 31 heavy (non-hydrogen) atoms. The number of carbonyl (C=O) groups is 2. The number of hydrogen-bond donors (Lipinski definition) is 3. The fourth-order valence-electron chi connectivity index (χ4n) is 2.89. The van der Waals surface area contributed by atoms with E-state index in [1.54, 1.807) is 31.4 Å². The lowest BCUT2D eigenvalue weighted by Crippen LogP contribution is -2.45. The second-order valence-corrected chi connectivity index (χ2v) is 6.78. The van der Waals surface area contributed by atoms with Crippen molar-refractivity contribution in [1.82, 2.24) is 5.32 Å². The van der Waals surface area contributed by atoms with Gasteiger partial charge < -0.3 is 25.2 Å². The molecule has 0 spiro atoms. The maximum Gasteiger partial charge on any atom is 0.408 e. The summed E-state index contributed by atoms with van der Waals surface area (Å²) in [5.41, 5.74) is 3.67. The van der Waals surface area contributed by atoms with Crippen molar-refractivity contribution in [3.8, 4) is 16.9 Å². The average Bonchev–Trinajstić information content (AvgIpc) is 2.81. The normalized spacial score (nSPS) is 11.3. The molecule has 7 heteroatoms. The minimum Gasteiger partial charge on any atom is -0.497 e. The van der Waals surface area contributed by atoms with Crippen LogP contribution in [0, 0.1) is 0 Å². The fourth-order valence-corrected chi connectivity index (χ4v) is 2.89. The molecule has 0 bridgehead atoms. The van der Waals surface area contributed by atoms with Gasteiger partial charge in [-0.3, -0.25) is 0 Å². The Bertz CT molecular complexity index is 989. The van der Waals surface area contributed by atoms with Crippen molar-refractivity contribution >= 4 is 17.7 Å². The van der Waals surface area contributed by atoms with Crippen LogP contribution in [0.25, 0.3) is 11.1 Å². The standard InChI is InChI=1S/C24H24N2O5/c1-30-21-13-11-20(12-14-21)25-15-22(23(27)28)26-24(29)31-16-17-7-9-19(10-8-17)18-5-3-2-4-6-18/h2-14,22,25H,15-16H2,1H3,(H,26,29)(H,27,28). The minimum atomic E-state index is -1.16. The SMILES string of the molecule is COc1ccc(NCC(NC(=O)OCc2ccc(-c3ccccc3)cc2)C(=O)O)cc1. The molecule has 3 rings (SSSR count). The number of amides is 1. The lowest BCUT2D eigenvalue weighted by Gasteiger charge is -2.16. The molecule has 0 fully saturated rings. The Kier molecular flexibility index (Phi) is 7.48. The quantitative estimate of drug-likeness (QED) is 0.481. The number of nitrogens with one attached hydrogen (secondary N) is 2. The molecule has 1 amide bonds. The fraction of sp³-hybridized carbons (Fsp3) is 0.167. The second kappa shape index (κ2) is 10.7. The van der Waals surface area contributed by atoms with Gasteiger partial charge in [0.25, 0.3) is 0 Å². The van der Waals surface area contributed by atoms with Gasteiger partial charge in [0.05, 0.1) is 7.11 Å². The molecule has 0 aromatic heterocycles. The number of carbonyl (C=O) groups excluding carboxylic acids is 1. The van der Waals surface area contributed by atoms with E-state index in [0.717, 1.165) is 16.7 Å². The Labute approximate surface area is 180 Å². The van der Waals surface area contributed by atoms with Gasteiger partial charge >= 0.3 is 12.1 Å². The van der Waals surface area contributed by atoms with Crippen molar-refractivity contribution in [2.45, 2.75) is 12.6 Å². The largest absolute Gasteiger partial charge is 0.497 e. The zero-order chi connectivity index (χ0) is 22.1. The highest BCUT2D eigenvalue weighted by molar-refractivity contribution is 5.80. The number of rotatable bonds is 9. The predicted molar refractivity (Wildman–Crippen MR) is 118 cm³/mol. The van der Waals surface area contributed by atoms with Gasteiger partial charge in [-0.1, -0.05) is 54.6 Å². The van der Waals surface area contributed by atoms with E-state index in [4.69, 9.17) is 9.47 Å². The number of carboxylic acid groups (broad SMARTS) is 1. The van der Waals surface area contributed by atoms with Crippen molar-refractivity contribution in [2.75, 3.05) is 19.0 Å². The number of anilines is 1. The van der Waals surface area contributed by atoms with Crippen LogP contribution in [0.2, 0.25) is 0 Å². The van der Waals surface area contributed by atoms with E-state index in [1.165, 1.54) is 0 Å². The maximum absolute atomic E-state index is 12.1. The first-order chi connectivity index (χ1) is 15.0. The van der Waals surface area contributed by atoms with Crippen LogP contribution in [-0.4, -0.2) is 36.9 Å². The number of alkyl carbamates (subject to hydrolysis) is 1. The highest BCUT2D eigenvalue weighted by Crippen LogP contribution is 2.19. The summed E-state index contributed by atoms with van der Waals surface area (Å²) in [4.78, 5) is 23.5. The summed E-state index contributed by atoms with van der Waals surface area (Å²) in [6.45, 7) is 0.0433. The third-order valence-corrected chi connectivity index (χ3v) is 4.62. The van der Waals surface area contributed by atoms with Gasteiger partial charge in [0.1, 0.15) is 18.4 Å². The van der Waals surface area contributed by atoms with Crippen molar-refractivity contribution in [3.05, 3.63) is 84.4 Å². The highest BCUT2D eigenvalue weighted by atomic mass is 16.5. The number of carboxylic acids is 1. The van der Waals surface area contributed by atoms with Crippen LogP contribution in [0.1, 0.15) is 5.56 Å². The van der Waals surface area contributed by atoms with Crippen LogP contribution in [0.5, 0.6) is 5.75 Å². The molecule has 0 aliphatic carbocycles. The van der Waals surface area contributed by atoms with Crippen LogP contribution >= 0.6 is 0 Å². The summed E-state index contributed by atoms with van der Waals surface area (Å²) in [6, 6.07) is 23.5. The number of benzene rings is 3. The Morgan fingerprint density at radius 1 is 0.903 bits per heavy atom. The lowest BCUT2D eigenvalue weighted by atomic mass is 10.0. The van der Waals surface area contributed by atoms with Crippen molar-refractivity contribution in [3.63, 3.8) is 0 Å². The molecule has 0 saturated carbocycles. The Morgan fingerprint density at radius 3 is 2.16 bits per heavy atom. The van der Waals surface area contributed by atoms with E-state index in [1.807, 2.05) is 54.6 Å². The van der Waals surface area contributed by atoms with E-state index in [-0.39, 0.29) is 13.2 Å². The second-order valence-electron chi connectivity index (χ2n) is 6.78. The summed E-state index contributed by atoms with van der Waals surface area (Å²) in [6.07, 6.45) is -0.795. The summed E-state index contributed by atoms with van der Waals surface area (Å²) >= 11 is 0. The molecule has 0 aliphatic rings. The van der Waals surface area contributed by atoms with Gasteiger partial charge in [0.15, 0.2) is 0 Å².